The number of pyridine rings is 2. The maximum Gasteiger partial charge on any atom is 0.218 e. The normalized spacial score (nSPS) is 16.8. The van der Waals surface area contributed by atoms with Crippen molar-refractivity contribution in [1.82, 2.24) is 19.9 Å². The summed E-state index contributed by atoms with van der Waals surface area (Å²) < 4.78 is 23.2. The summed E-state index contributed by atoms with van der Waals surface area (Å²) in [6, 6.07) is 7.65. The lowest BCUT2D eigenvalue weighted by molar-refractivity contribution is 0.626. The van der Waals surface area contributed by atoms with Gasteiger partial charge in [0.2, 0.25) is 10.3 Å². The highest BCUT2D eigenvalue weighted by atomic mass is 32.2. The van der Waals surface area contributed by atoms with Gasteiger partial charge < -0.3 is 4.98 Å². The van der Waals surface area contributed by atoms with Crippen molar-refractivity contribution in [2.24, 2.45) is 0 Å². The van der Waals surface area contributed by atoms with Gasteiger partial charge in [-0.3, -0.25) is 9.97 Å². The van der Waals surface area contributed by atoms with Gasteiger partial charge in [0, 0.05) is 23.2 Å². The van der Waals surface area contributed by atoms with E-state index in [-0.39, 0.29) is 4.86 Å². The van der Waals surface area contributed by atoms with Crippen LogP contribution in [-0.2, 0) is 10.3 Å². The Kier molecular flexibility index (Phi) is 3.23. The number of hydrogen-bond donors (Lipinski definition) is 1. The Morgan fingerprint density at radius 1 is 0.923 bits per heavy atom. The van der Waals surface area contributed by atoms with Gasteiger partial charge in [0.15, 0.2) is 0 Å². The molecule has 126 valence electrons. The molecule has 0 bridgehead atoms. The van der Waals surface area contributed by atoms with E-state index in [1.807, 2.05) is 36.4 Å². The van der Waals surface area contributed by atoms with Crippen molar-refractivity contribution in [2.75, 3.05) is 0 Å². The summed E-state index contributed by atoms with van der Waals surface area (Å²) >= 11 is 0. The van der Waals surface area contributed by atoms with Crippen LogP contribution in [0.25, 0.3) is 32.8 Å². The van der Waals surface area contributed by atoms with Crippen molar-refractivity contribution in [1.29, 1.82) is 0 Å². The average molecular weight is 360 g/mol. The molecule has 1 aromatic carbocycles. The van der Waals surface area contributed by atoms with Crippen molar-refractivity contribution in [3.8, 4) is 0 Å². The van der Waals surface area contributed by atoms with Gasteiger partial charge in [-0.25, -0.2) is 4.98 Å². The number of hydrogen-bond acceptors (Lipinski definition) is 5. The Labute approximate surface area is 149 Å². The largest absolute Gasteiger partial charge is 0.341 e. The van der Waals surface area contributed by atoms with Crippen LogP contribution in [0.3, 0.4) is 0 Å². The number of nitrogens with zero attached hydrogens (tertiary/aromatic N) is 3. The quantitative estimate of drug-likeness (QED) is 0.416. The van der Waals surface area contributed by atoms with Gasteiger partial charge in [0.1, 0.15) is 5.82 Å². The summed E-state index contributed by atoms with van der Waals surface area (Å²) in [6.07, 6.45) is 10.4. The number of rotatable bonds is 1. The lowest BCUT2D eigenvalue weighted by Crippen LogP contribution is -2.12. The van der Waals surface area contributed by atoms with Gasteiger partial charge in [-0.15, -0.1) is 0 Å². The molecule has 0 spiro atoms. The predicted octanol–water partition coefficient (Wildman–Crippen LogP) is 2.92. The van der Waals surface area contributed by atoms with Crippen LogP contribution >= 0.6 is 0 Å². The molecule has 1 aliphatic rings. The van der Waals surface area contributed by atoms with E-state index in [1.165, 1.54) is 0 Å². The van der Waals surface area contributed by atoms with E-state index >= 15 is 0 Å². The van der Waals surface area contributed by atoms with E-state index in [1.54, 1.807) is 24.5 Å². The van der Waals surface area contributed by atoms with Gasteiger partial charge in [-0.1, -0.05) is 18.2 Å². The van der Waals surface area contributed by atoms with Gasteiger partial charge >= 0.3 is 0 Å². The molecule has 1 aliphatic carbocycles. The zero-order chi connectivity index (χ0) is 17.7. The highest BCUT2D eigenvalue weighted by molar-refractivity contribution is 7.73. The molecular formula is C19H12N4O2S. The molecule has 3 aromatic heterocycles. The molecule has 3 heterocycles. The van der Waals surface area contributed by atoms with Gasteiger partial charge in [-0.2, -0.15) is 8.42 Å². The monoisotopic (exact) mass is 360 g/mol. The third-order valence-electron chi connectivity index (χ3n) is 4.56. The lowest BCUT2D eigenvalue weighted by atomic mass is 10.0. The highest BCUT2D eigenvalue weighted by Gasteiger charge is 2.22. The number of allylic oxidation sites excluding steroid dienone is 4. The van der Waals surface area contributed by atoms with Crippen LogP contribution in [0.2, 0.25) is 0 Å². The highest BCUT2D eigenvalue weighted by Crippen LogP contribution is 2.33. The molecule has 1 N–H and O–H groups in total. The molecule has 0 saturated carbocycles. The third kappa shape index (κ3) is 2.11. The fourth-order valence-corrected chi connectivity index (χ4v) is 4.01. The Balaban J connectivity index is 1.90. The zero-order valence-corrected chi connectivity index (χ0v) is 14.2. The molecule has 0 aliphatic heterocycles. The summed E-state index contributed by atoms with van der Waals surface area (Å²) in [4.78, 5) is 17.3. The standard InChI is InChI=1S/C19H12N4O2S/c24-26(25)14-8-2-1-5-11(14)19-22-17-12-6-3-9-20-15(12)16-13(18(17)23-19)7-4-10-21-16/h1-11H,(H,22,23). The van der Waals surface area contributed by atoms with E-state index in [9.17, 15) is 8.42 Å². The number of aromatic nitrogens is 4. The summed E-state index contributed by atoms with van der Waals surface area (Å²) in [7, 11) is -2.31. The predicted molar refractivity (Wildman–Crippen MR) is 102 cm³/mol. The first-order valence-electron chi connectivity index (χ1n) is 8.06. The van der Waals surface area contributed by atoms with Crippen molar-refractivity contribution >= 4 is 48.0 Å². The van der Waals surface area contributed by atoms with Gasteiger partial charge in [0.05, 0.1) is 32.8 Å². The summed E-state index contributed by atoms with van der Waals surface area (Å²) in [5.41, 5.74) is 3.18. The first kappa shape index (κ1) is 15.0. The van der Waals surface area contributed by atoms with E-state index < -0.39 is 16.2 Å². The Hall–Kier alpha value is -3.32. The Morgan fingerprint density at radius 2 is 1.65 bits per heavy atom. The Bertz CT molecular complexity index is 1320. The molecule has 6 nitrogen and oxygen atoms in total. The summed E-state index contributed by atoms with van der Waals surface area (Å²) in [5.74, 6) is 0.144. The molecule has 0 fully saturated rings. The van der Waals surface area contributed by atoms with Crippen LogP contribution in [0.5, 0.6) is 0 Å². The molecule has 4 aromatic rings. The van der Waals surface area contributed by atoms with Crippen molar-refractivity contribution < 1.29 is 8.42 Å². The molecule has 1 unspecified atom stereocenters. The fraction of sp³-hybridized carbons (Fsp3) is 0.0526. The van der Waals surface area contributed by atoms with Crippen molar-refractivity contribution in [2.45, 2.75) is 5.92 Å². The maximum absolute atomic E-state index is 11.6. The number of benzene rings is 1. The van der Waals surface area contributed by atoms with E-state index in [4.69, 9.17) is 4.98 Å². The summed E-state index contributed by atoms with van der Waals surface area (Å²) in [5, 5.41) is 1.80. The van der Waals surface area contributed by atoms with Crippen molar-refractivity contribution in [3.05, 3.63) is 66.8 Å². The number of fused-ring (bicyclic) bond motifs is 6. The van der Waals surface area contributed by atoms with Crippen LogP contribution in [-0.4, -0.2) is 33.2 Å². The molecule has 7 heteroatoms. The molecular weight excluding hydrogens is 348 g/mol. The van der Waals surface area contributed by atoms with E-state index in [0.717, 1.165) is 32.8 Å². The average Bonchev–Trinajstić information content (AvgIpc) is 3.14. The molecule has 26 heavy (non-hydrogen) atoms. The van der Waals surface area contributed by atoms with Gasteiger partial charge in [0.25, 0.3) is 0 Å². The topological polar surface area (TPSA) is 88.6 Å². The first-order valence-corrected chi connectivity index (χ1v) is 9.13. The zero-order valence-electron chi connectivity index (χ0n) is 13.4. The second-order valence-electron chi connectivity index (χ2n) is 6.00. The minimum Gasteiger partial charge on any atom is -0.341 e. The van der Waals surface area contributed by atoms with E-state index in [2.05, 4.69) is 15.0 Å². The Morgan fingerprint density at radius 3 is 2.42 bits per heavy atom. The number of imidazole rings is 1. The van der Waals surface area contributed by atoms with Crippen LogP contribution < -0.4 is 0 Å². The van der Waals surface area contributed by atoms with Crippen LogP contribution in [0.15, 0.2) is 61.0 Å². The first-order chi connectivity index (χ1) is 12.7. The minimum atomic E-state index is -2.31. The maximum atomic E-state index is 11.6. The van der Waals surface area contributed by atoms with Crippen LogP contribution in [0, 0.1) is 0 Å². The lowest BCUT2D eigenvalue weighted by Gasteiger charge is -2.10. The van der Waals surface area contributed by atoms with Gasteiger partial charge in [-0.05, 0) is 30.3 Å². The van der Waals surface area contributed by atoms with Crippen LogP contribution in [0.1, 0.15) is 11.7 Å². The molecule has 1 atom stereocenters. The van der Waals surface area contributed by atoms with Crippen molar-refractivity contribution in [3.63, 3.8) is 0 Å². The van der Waals surface area contributed by atoms with Crippen LogP contribution in [0.4, 0.5) is 0 Å². The molecule has 0 amide bonds. The smallest absolute Gasteiger partial charge is 0.218 e. The second-order valence-corrected chi connectivity index (χ2v) is 6.94. The molecule has 5 rings (SSSR count). The third-order valence-corrected chi connectivity index (χ3v) is 5.33. The number of aromatic amines is 1. The SMILES string of the molecule is O=S(=O)=C1C=CC=CC1c1nc2c3cccnc3c3ncccc3c2[nH]1. The molecule has 0 saturated heterocycles. The number of nitrogens with one attached hydrogen (secondary N) is 1. The second kappa shape index (κ2) is 5.60. The number of H-pyrrole nitrogens is 1. The summed E-state index contributed by atoms with van der Waals surface area (Å²) in [6.45, 7) is 0. The fourth-order valence-electron chi connectivity index (χ4n) is 3.42. The minimum absolute atomic E-state index is 0.288. The van der Waals surface area contributed by atoms with E-state index in [0.29, 0.717) is 5.82 Å². The molecule has 0 radical (unpaired) electrons.